The summed E-state index contributed by atoms with van der Waals surface area (Å²) in [6.45, 7) is 6.71. The molecule has 0 amide bonds. The van der Waals surface area contributed by atoms with Gasteiger partial charge in [-0.05, 0) is 5.56 Å². The van der Waals surface area contributed by atoms with Crippen molar-refractivity contribution in [1.29, 1.82) is 5.26 Å². The largest absolute Gasteiger partial charge is 0.191 e. The third-order valence-corrected chi connectivity index (χ3v) is 1.24. The quantitative estimate of drug-likeness (QED) is 0.623. The molecule has 0 aliphatic carbocycles. The van der Waals surface area contributed by atoms with Crippen molar-refractivity contribution in [3.05, 3.63) is 54.1 Å². The van der Waals surface area contributed by atoms with E-state index in [4.69, 9.17) is 16.9 Å². The molecule has 0 spiro atoms. The Morgan fingerprint density at radius 2 is 1.85 bits per heavy atom. The van der Waals surface area contributed by atoms with E-state index in [1.54, 1.807) is 6.07 Å². The van der Waals surface area contributed by atoms with Gasteiger partial charge in [-0.1, -0.05) is 61.2 Å². The Morgan fingerprint density at radius 3 is 2.08 bits per heavy atom. The molecule has 1 nitrogen and oxygen atoms in total. The number of benzene rings is 1. The van der Waals surface area contributed by atoms with E-state index in [0.29, 0.717) is 0 Å². The molecule has 1 rings (SSSR count). The SMILES string of the molecule is C=C(Cl)C#N.C=Cc1ccccc1. The average Bonchev–Trinajstić information content (AvgIpc) is 2.20. The molecule has 0 bridgehead atoms. The topological polar surface area (TPSA) is 23.8 Å². The van der Waals surface area contributed by atoms with Crippen LogP contribution >= 0.6 is 11.6 Å². The monoisotopic (exact) mass is 191 g/mol. The van der Waals surface area contributed by atoms with Crippen molar-refractivity contribution in [1.82, 2.24) is 0 Å². The number of allylic oxidation sites excluding steroid dienone is 1. The van der Waals surface area contributed by atoms with Crippen LogP contribution in [0.5, 0.6) is 0 Å². The van der Waals surface area contributed by atoms with E-state index in [2.05, 4.69) is 13.2 Å². The van der Waals surface area contributed by atoms with Crippen molar-refractivity contribution in [3.63, 3.8) is 0 Å². The molecule has 0 heterocycles. The van der Waals surface area contributed by atoms with Crippen LogP contribution in [0.1, 0.15) is 5.56 Å². The summed E-state index contributed by atoms with van der Waals surface area (Å²) in [5.74, 6) is 0. The van der Waals surface area contributed by atoms with Gasteiger partial charge in [0, 0.05) is 0 Å². The summed E-state index contributed by atoms with van der Waals surface area (Å²) in [6, 6.07) is 11.6. The minimum absolute atomic E-state index is 0.0324. The molecule has 0 aliphatic heterocycles. The van der Waals surface area contributed by atoms with Crippen LogP contribution < -0.4 is 0 Å². The summed E-state index contributed by atoms with van der Waals surface area (Å²) < 4.78 is 0. The van der Waals surface area contributed by atoms with Crippen molar-refractivity contribution in [2.24, 2.45) is 0 Å². The molecule has 0 N–H and O–H groups in total. The standard InChI is InChI=1S/C8H8.C3H2ClN/c1-2-8-6-4-3-5-7-8;1-3(4)2-5/h2-7H,1H2;1H2. The molecule has 66 valence electrons. The zero-order valence-corrected chi connectivity index (χ0v) is 7.96. The van der Waals surface area contributed by atoms with Crippen molar-refractivity contribution in [3.8, 4) is 6.07 Å². The molecule has 0 aliphatic rings. The van der Waals surface area contributed by atoms with Crippen LogP contribution in [0.3, 0.4) is 0 Å². The first-order valence-electron chi connectivity index (χ1n) is 3.62. The van der Waals surface area contributed by atoms with E-state index < -0.39 is 0 Å². The van der Waals surface area contributed by atoms with Crippen molar-refractivity contribution in [2.75, 3.05) is 0 Å². The second-order valence-corrected chi connectivity index (χ2v) is 2.59. The maximum atomic E-state index is 7.66. The summed E-state index contributed by atoms with van der Waals surface area (Å²) >= 11 is 4.91. The predicted molar refractivity (Wildman–Crippen MR) is 57.1 cm³/mol. The van der Waals surface area contributed by atoms with Crippen LogP contribution in [0.4, 0.5) is 0 Å². The summed E-state index contributed by atoms with van der Waals surface area (Å²) in [5, 5.41) is 7.69. The van der Waals surface area contributed by atoms with Crippen molar-refractivity contribution in [2.45, 2.75) is 0 Å². The molecule has 0 unspecified atom stereocenters. The van der Waals surface area contributed by atoms with Crippen molar-refractivity contribution < 1.29 is 0 Å². The van der Waals surface area contributed by atoms with Gasteiger partial charge >= 0.3 is 0 Å². The highest BCUT2D eigenvalue weighted by Crippen LogP contribution is 1.97. The molecule has 0 saturated heterocycles. The fourth-order valence-electron chi connectivity index (χ4n) is 0.589. The fraction of sp³-hybridized carbons (Fsp3) is 0. The van der Waals surface area contributed by atoms with Crippen molar-refractivity contribution >= 4 is 17.7 Å². The Balaban J connectivity index is 0.000000252. The van der Waals surface area contributed by atoms with Crippen LogP contribution in [-0.2, 0) is 0 Å². The Bertz CT molecular complexity index is 309. The first-order chi connectivity index (χ1) is 6.20. The molecular formula is C11H10ClN. The van der Waals surface area contributed by atoms with Gasteiger partial charge in [0.15, 0.2) is 0 Å². The lowest BCUT2D eigenvalue weighted by molar-refractivity contribution is 1.53. The molecule has 0 aromatic heterocycles. The van der Waals surface area contributed by atoms with E-state index in [-0.39, 0.29) is 5.03 Å². The highest BCUT2D eigenvalue weighted by Gasteiger charge is 1.75. The van der Waals surface area contributed by atoms with Gasteiger partial charge in [-0.25, -0.2) is 0 Å². The van der Waals surface area contributed by atoms with E-state index in [1.807, 2.05) is 36.4 Å². The summed E-state index contributed by atoms with van der Waals surface area (Å²) in [7, 11) is 0. The van der Waals surface area contributed by atoms with E-state index in [9.17, 15) is 0 Å². The molecular weight excluding hydrogens is 182 g/mol. The number of nitriles is 1. The lowest BCUT2D eigenvalue weighted by Crippen LogP contribution is -1.63. The molecule has 1 aromatic rings. The van der Waals surface area contributed by atoms with Crippen LogP contribution in [0.15, 0.2) is 48.5 Å². The smallest absolute Gasteiger partial charge is 0.111 e. The van der Waals surface area contributed by atoms with Gasteiger partial charge in [0.1, 0.15) is 11.1 Å². The summed E-state index contributed by atoms with van der Waals surface area (Å²) in [6.07, 6.45) is 1.83. The molecule has 0 atom stereocenters. The molecule has 0 fully saturated rings. The Kier molecular flexibility index (Phi) is 6.31. The zero-order valence-electron chi connectivity index (χ0n) is 7.20. The Labute approximate surface area is 83.6 Å². The van der Waals surface area contributed by atoms with Gasteiger partial charge in [0.2, 0.25) is 0 Å². The number of hydrogen-bond donors (Lipinski definition) is 0. The summed E-state index contributed by atoms with van der Waals surface area (Å²) in [5.41, 5.74) is 1.17. The fourth-order valence-corrected chi connectivity index (χ4v) is 0.589. The predicted octanol–water partition coefficient (Wildman–Crippen LogP) is 3.59. The number of halogens is 1. The number of nitrogens with zero attached hydrogens (tertiary/aromatic N) is 1. The third kappa shape index (κ3) is 6.86. The highest BCUT2D eigenvalue weighted by atomic mass is 35.5. The van der Waals surface area contributed by atoms with Gasteiger partial charge in [0.05, 0.1) is 0 Å². The van der Waals surface area contributed by atoms with Gasteiger partial charge < -0.3 is 0 Å². The second-order valence-electron chi connectivity index (χ2n) is 2.13. The van der Waals surface area contributed by atoms with Gasteiger partial charge in [0.25, 0.3) is 0 Å². The molecule has 13 heavy (non-hydrogen) atoms. The first kappa shape index (κ1) is 11.5. The Hall–Kier alpha value is -1.52. The maximum absolute atomic E-state index is 7.66. The van der Waals surface area contributed by atoms with E-state index in [0.717, 1.165) is 0 Å². The molecule has 0 radical (unpaired) electrons. The minimum atomic E-state index is 0.0324. The highest BCUT2D eigenvalue weighted by molar-refractivity contribution is 6.31. The molecule has 0 saturated carbocycles. The van der Waals surface area contributed by atoms with Gasteiger partial charge in [-0.3, -0.25) is 0 Å². The lowest BCUT2D eigenvalue weighted by atomic mass is 10.2. The van der Waals surface area contributed by atoms with Gasteiger partial charge in [-0.15, -0.1) is 0 Å². The number of hydrogen-bond acceptors (Lipinski definition) is 1. The zero-order chi connectivity index (χ0) is 10.1. The number of rotatable bonds is 1. The van der Waals surface area contributed by atoms with Crippen LogP contribution in [0.25, 0.3) is 6.08 Å². The average molecular weight is 192 g/mol. The van der Waals surface area contributed by atoms with Crippen LogP contribution in [0, 0.1) is 11.3 Å². The Morgan fingerprint density at radius 1 is 1.38 bits per heavy atom. The molecule has 1 aromatic carbocycles. The molecule has 2 heteroatoms. The second kappa shape index (κ2) is 7.15. The van der Waals surface area contributed by atoms with Crippen LogP contribution in [-0.4, -0.2) is 0 Å². The van der Waals surface area contributed by atoms with Gasteiger partial charge in [-0.2, -0.15) is 5.26 Å². The first-order valence-corrected chi connectivity index (χ1v) is 4.00. The summed E-state index contributed by atoms with van der Waals surface area (Å²) in [4.78, 5) is 0. The van der Waals surface area contributed by atoms with Crippen LogP contribution in [0.2, 0.25) is 0 Å². The van der Waals surface area contributed by atoms with E-state index >= 15 is 0 Å². The third-order valence-electron chi connectivity index (χ3n) is 1.16. The van der Waals surface area contributed by atoms with E-state index in [1.165, 1.54) is 5.56 Å². The maximum Gasteiger partial charge on any atom is 0.111 e. The lowest BCUT2D eigenvalue weighted by Gasteiger charge is -1.85. The normalized spacial score (nSPS) is 7.38. The minimum Gasteiger partial charge on any atom is -0.191 e.